The molecule has 6 nitrogen and oxygen atoms in total. The van der Waals surface area contributed by atoms with Gasteiger partial charge in [-0.3, -0.25) is 4.90 Å². The van der Waals surface area contributed by atoms with Crippen LogP contribution in [-0.2, 0) is 11.3 Å². The highest BCUT2D eigenvalue weighted by atomic mass is 19.1. The van der Waals surface area contributed by atoms with E-state index in [1.165, 1.54) is 12.3 Å². The summed E-state index contributed by atoms with van der Waals surface area (Å²) in [7, 11) is 0. The maximum atomic E-state index is 13.8. The Morgan fingerprint density at radius 1 is 1.36 bits per heavy atom. The van der Waals surface area contributed by atoms with E-state index in [2.05, 4.69) is 15.0 Å². The van der Waals surface area contributed by atoms with E-state index < -0.39 is 5.82 Å². The summed E-state index contributed by atoms with van der Waals surface area (Å²) in [5.74, 6) is 0.482. The summed E-state index contributed by atoms with van der Waals surface area (Å²) in [6.45, 7) is 6.19. The van der Waals surface area contributed by atoms with E-state index in [9.17, 15) is 4.39 Å². The van der Waals surface area contributed by atoms with Gasteiger partial charge in [-0.05, 0) is 38.8 Å². The van der Waals surface area contributed by atoms with Crippen LogP contribution in [0, 0.1) is 19.7 Å². The van der Waals surface area contributed by atoms with Crippen LogP contribution in [0.4, 0.5) is 4.39 Å². The minimum Gasteiger partial charge on any atom is -0.469 e. The normalized spacial score (nSPS) is 26.6. The number of rotatable bonds is 4. The SMILES string of the molecule is Cc1noc(C)c1CN1CCO[C@@H]2[C@H]1CC[C@H]2Oc1ncccc1F. The molecule has 0 unspecified atom stereocenters. The zero-order chi connectivity index (χ0) is 17.4. The lowest BCUT2D eigenvalue weighted by atomic mass is 10.1. The molecule has 0 N–H and O–H groups in total. The smallest absolute Gasteiger partial charge is 0.250 e. The van der Waals surface area contributed by atoms with Crippen molar-refractivity contribution in [2.75, 3.05) is 13.2 Å². The fourth-order valence-electron chi connectivity index (χ4n) is 3.85. The summed E-state index contributed by atoms with van der Waals surface area (Å²) in [4.78, 5) is 6.40. The van der Waals surface area contributed by atoms with Crippen LogP contribution in [-0.4, -0.2) is 46.4 Å². The van der Waals surface area contributed by atoms with E-state index in [0.717, 1.165) is 42.9 Å². The lowest BCUT2D eigenvalue weighted by Gasteiger charge is -2.38. The van der Waals surface area contributed by atoms with Gasteiger partial charge in [-0.25, -0.2) is 9.37 Å². The Bertz CT molecular complexity index is 731. The molecular weight excluding hydrogens is 325 g/mol. The molecule has 1 saturated carbocycles. The molecular formula is C18H22FN3O3. The van der Waals surface area contributed by atoms with Gasteiger partial charge in [0.25, 0.3) is 5.88 Å². The maximum Gasteiger partial charge on any atom is 0.250 e. The average Bonchev–Trinajstić information content (AvgIpc) is 3.16. The second-order valence-corrected chi connectivity index (χ2v) is 6.70. The lowest BCUT2D eigenvalue weighted by molar-refractivity contribution is -0.0928. The molecule has 0 radical (unpaired) electrons. The fraction of sp³-hybridized carbons (Fsp3) is 0.556. The molecule has 3 heterocycles. The van der Waals surface area contributed by atoms with Gasteiger partial charge in [0.05, 0.1) is 12.3 Å². The topological polar surface area (TPSA) is 60.6 Å². The van der Waals surface area contributed by atoms with Crippen molar-refractivity contribution in [3.8, 4) is 5.88 Å². The Balaban J connectivity index is 1.48. The molecule has 2 fully saturated rings. The fourth-order valence-corrected chi connectivity index (χ4v) is 3.85. The Hall–Kier alpha value is -1.99. The predicted octanol–water partition coefficient (Wildman–Crippen LogP) is 2.64. The molecule has 1 aliphatic carbocycles. The molecule has 1 saturated heterocycles. The number of fused-ring (bicyclic) bond motifs is 1. The van der Waals surface area contributed by atoms with Crippen LogP contribution in [0.3, 0.4) is 0 Å². The number of hydrogen-bond donors (Lipinski definition) is 0. The van der Waals surface area contributed by atoms with Gasteiger partial charge >= 0.3 is 0 Å². The molecule has 0 aromatic carbocycles. The van der Waals surface area contributed by atoms with Gasteiger partial charge in [0.15, 0.2) is 5.82 Å². The standard InChI is InChI=1S/C18H22FN3O3/c1-11-13(12(2)25-21-11)10-22-8-9-23-17-15(22)5-6-16(17)24-18-14(19)4-3-7-20-18/h3-4,7,15-17H,5-6,8-10H2,1-2H3/t15-,16-,17-/m1/s1. The zero-order valence-electron chi connectivity index (χ0n) is 14.4. The van der Waals surface area contributed by atoms with Gasteiger partial charge in [0.2, 0.25) is 0 Å². The largest absolute Gasteiger partial charge is 0.469 e. The van der Waals surface area contributed by atoms with Gasteiger partial charge in [0.1, 0.15) is 18.0 Å². The molecule has 2 aliphatic rings. The number of hydrogen-bond acceptors (Lipinski definition) is 6. The molecule has 3 atom stereocenters. The minimum atomic E-state index is -0.436. The van der Waals surface area contributed by atoms with E-state index in [0.29, 0.717) is 6.61 Å². The van der Waals surface area contributed by atoms with Gasteiger partial charge in [-0.15, -0.1) is 0 Å². The maximum absolute atomic E-state index is 13.8. The summed E-state index contributed by atoms with van der Waals surface area (Å²) in [6.07, 6.45) is 3.06. The monoisotopic (exact) mass is 347 g/mol. The van der Waals surface area contributed by atoms with E-state index >= 15 is 0 Å². The van der Waals surface area contributed by atoms with Gasteiger partial charge < -0.3 is 14.0 Å². The van der Waals surface area contributed by atoms with Crippen molar-refractivity contribution in [2.45, 2.75) is 51.5 Å². The highest BCUT2D eigenvalue weighted by Crippen LogP contribution is 2.34. The average molecular weight is 347 g/mol. The van der Waals surface area contributed by atoms with E-state index in [-0.39, 0.29) is 24.1 Å². The molecule has 134 valence electrons. The third-order valence-corrected chi connectivity index (χ3v) is 5.18. The first kappa shape index (κ1) is 16.5. The van der Waals surface area contributed by atoms with Crippen LogP contribution in [0.25, 0.3) is 0 Å². The first-order valence-electron chi connectivity index (χ1n) is 8.68. The molecule has 2 aromatic rings. The van der Waals surface area contributed by atoms with E-state index in [1.807, 2.05) is 13.8 Å². The number of aromatic nitrogens is 2. The van der Waals surface area contributed by atoms with Crippen LogP contribution in [0.2, 0.25) is 0 Å². The Morgan fingerprint density at radius 2 is 2.24 bits per heavy atom. The first-order valence-corrected chi connectivity index (χ1v) is 8.68. The molecule has 0 spiro atoms. The Labute approximate surface area is 145 Å². The van der Waals surface area contributed by atoms with Crippen molar-refractivity contribution >= 4 is 0 Å². The number of pyridine rings is 1. The second kappa shape index (κ2) is 6.72. The van der Waals surface area contributed by atoms with Crippen molar-refractivity contribution in [3.63, 3.8) is 0 Å². The summed E-state index contributed by atoms with van der Waals surface area (Å²) in [5, 5.41) is 4.04. The summed E-state index contributed by atoms with van der Waals surface area (Å²) in [6, 6.07) is 3.17. The van der Waals surface area contributed by atoms with Crippen LogP contribution in [0.15, 0.2) is 22.9 Å². The van der Waals surface area contributed by atoms with Crippen molar-refractivity contribution in [1.82, 2.24) is 15.0 Å². The third kappa shape index (κ3) is 3.14. The molecule has 2 aromatic heterocycles. The summed E-state index contributed by atoms with van der Waals surface area (Å²) in [5.41, 5.74) is 2.07. The van der Waals surface area contributed by atoms with Gasteiger partial charge in [-0.2, -0.15) is 0 Å². The predicted molar refractivity (Wildman–Crippen MR) is 87.8 cm³/mol. The van der Waals surface area contributed by atoms with Gasteiger partial charge in [-0.1, -0.05) is 5.16 Å². The van der Waals surface area contributed by atoms with Crippen LogP contribution in [0.5, 0.6) is 5.88 Å². The van der Waals surface area contributed by atoms with Crippen LogP contribution in [0.1, 0.15) is 29.9 Å². The first-order chi connectivity index (χ1) is 12.1. The molecule has 7 heteroatoms. The number of halogens is 1. The number of morpholine rings is 1. The number of nitrogens with zero attached hydrogens (tertiary/aromatic N) is 3. The Kier molecular flexibility index (Phi) is 4.43. The third-order valence-electron chi connectivity index (χ3n) is 5.18. The molecule has 25 heavy (non-hydrogen) atoms. The van der Waals surface area contributed by atoms with E-state index in [1.54, 1.807) is 6.07 Å². The van der Waals surface area contributed by atoms with Crippen LogP contribution >= 0.6 is 0 Å². The zero-order valence-corrected chi connectivity index (χ0v) is 14.4. The summed E-state index contributed by atoms with van der Waals surface area (Å²) >= 11 is 0. The van der Waals surface area contributed by atoms with E-state index in [4.69, 9.17) is 14.0 Å². The van der Waals surface area contributed by atoms with Crippen molar-refractivity contribution in [3.05, 3.63) is 41.2 Å². The quantitative estimate of drug-likeness (QED) is 0.847. The Morgan fingerprint density at radius 3 is 3.00 bits per heavy atom. The molecule has 0 amide bonds. The minimum absolute atomic E-state index is 0.0552. The summed E-state index contributed by atoms with van der Waals surface area (Å²) < 4.78 is 30.9. The van der Waals surface area contributed by atoms with Gasteiger partial charge in [0, 0.05) is 30.9 Å². The highest BCUT2D eigenvalue weighted by Gasteiger charge is 2.44. The van der Waals surface area contributed by atoms with Crippen LogP contribution < -0.4 is 4.74 Å². The lowest BCUT2D eigenvalue weighted by Crippen LogP contribution is -2.51. The van der Waals surface area contributed by atoms with Crippen molar-refractivity contribution < 1.29 is 18.4 Å². The molecule has 4 rings (SSSR count). The number of ether oxygens (including phenoxy) is 2. The highest BCUT2D eigenvalue weighted by molar-refractivity contribution is 5.21. The second-order valence-electron chi connectivity index (χ2n) is 6.70. The molecule has 0 bridgehead atoms. The van der Waals surface area contributed by atoms with Crippen molar-refractivity contribution in [2.24, 2.45) is 0 Å². The molecule has 1 aliphatic heterocycles. The number of aryl methyl sites for hydroxylation is 2. The van der Waals surface area contributed by atoms with Crippen molar-refractivity contribution in [1.29, 1.82) is 0 Å².